The number of nitrogens with zero attached hydrogens (tertiary/aromatic N) is 2. The minimum atomic E-state index is -0.724. The Morgan fingerprint density at radius 1 is 1.11 bits per heavy atom. The van der Waals surface area contributed by atoms with Crippen LogP contribution in [-0.2, 0) is 6.42 Å². The van der Waals surface area contributed by atoms with Crippen LogP contribution in [0.25, 0.3) is 0 Å². The molecule has 2 N–H and O–H groups in total. The first-order valence-electron chi connectivity index (χ1n) is 9.23. The Balaban J connectivity index is 1.70. The largest absolute Gasteiger partial charge is 0.385 e. The van der Waals surface area contributed by atoms with E-state index in [9.17, 15) is 13.9 Å². The lowest BCUT2D eigenvalue weighted by atomic mass is 10.1. The number of aliphatic hydroxyl groups is 1. The first-order valence-corrected chi connectivity index (χ1v) is 10.0. The standard InChI is InChI=1S/C21H23F2N3OS/c1-13(2)19-21(28-17-11-15(22)10-16(23)12-17)26-20(25-19)18(27)5-3-4-14-6-8-24-9-7-14/h6-13,18,27H,3-5H2,1-2H3,(H,25,26). The van der Waals surface area contributed by atoms with Crippen LogP contribution in [0.3, 0.4) is 0 Å². The SMILES string of the molecule is CC(C)c1nc(C(O)CCCc2ccncc2)[nH]c1Sc1cc(F)cc(F)c1. The molecule has 28 heavy (non-hydrogen) atoms. The first kappa shape index (κ1) is 20.5. The van der Waals surface area contributed by atoms with Gasteiger partial charge in [-0.2, -0.15) is 0 Å². The number of rotatable bonds is 8. The molecule has 1 atom stereocenters. The predicted molar refractivity (Wildman–Crippen MR) is 105 cm³/mol. The van der Waals surface area contributed by atoms with Crippen LogP contribution in [0.15, 0.2) is 52.6 Å². The molecule has 0 bridgehead atoms. The number of aromatic amines is 1. The average Bonchev–Trinajstić information content (AvgIpc) is 3.06. The highest BCUT2D eigenvalue weighted by molar-refractivity contribution is 7.99. The van der Waals surface area contributed by atoms with Gasteiger partial charge in [0.1, 0.15) is 28.6 Å². The molecule has 0 fully saturated rings. The number of hydrogen-bond donors (Lipinski definition) is 2. The number of aliphatic hydroxyl groups excluding tert-OH is 1. The molecule has 2 aromatic heterocycles. The molecule has 2 heterocycles. The second kappa shape index (κ2) is 9.30. The molecule has 3 aromatic rings. The molecule has 7 heteroatoms. The van der Waals surface area contributed by atoms with Gasteiger partial charge in [-0.25, -0.2) is 13.8 Å². The molecule has 1 unspecified atom stereocenters. The van der Waals surface area contributed by atoms with Crippen molar-refractivity contribution in [3.63, 3.8) is 0 Å². The molecule has 0 saturated heterocycles. The number of H-pyrrole nitrogens is 1. The molecule has 0 aliphatic rings. The molecule has 0 amide bonds. The van der Waals surface area contributed by atoms with Crippen LogP contribution in [0.1, 0.15) is 55.8 Å². The van der Waals surface area contributed by atoms with Gasteiger partial charge in [-0.3, -0.25) is 4.98 Å². The zero-order valence-corrected chi connectivity index (χ0v) is 16.6. The maximum absolute atomic E-state index is 13.5. The van der Waals surface area contributed by atoms with Gasteiger partial charge >= 0.3 is 0 Å². The molecular formula is C21H23F2N3OS. The zero-order chi connectivity index (χ0) is 20.1. The summed E-state index contributed by atoms with van der Waals surface area (Å²) in [5.74, 6) is -0.651. The maximum atomic E-state index is 13.5. The molecule has 0 aliphatic carbocycles. The van der Waals surface area contributed by atoms with Crippen LogP contribution in [-0.4, -0.2) is 20.1 Å². The second-order valence-corrected chi connectivity index (χ2v) is 8.05. The van der Waals surface area contributed by atoms with Crippen molar-refractivity contribution in [2.45, 2.75) is 55.1 Å². The third-order valence-corrected chi connectivity index (χ3v) is 5.31. The topological polar surface area (TPSA) is 61.8 Å². The summed E-state index contributed by atoms with van der Waals surface area (Å²) in [6.07, 6.45) is 5.00. The van der Waals surface area contributed by atoms with Crippen molar-refractivity contribution in [1.29, 1.82) is 0 Å². The van der Waals surface area contributed by atoms with Crippen molar-refractivity contribution in [1.82, 2.24) is 15.0 Å². The number of benzene rings is 1. The van der Waals surface area contributed by atoms with Gasteiger partial charge in [0.05, 0.1) is 5.69 Å². The predicted octanol–water partition coefficient (Wildman–Crippen LogP) is 5.41. The van der Waals surface area contributed by atoms with Crippen LogP contribution in [0.2, 0.25) is 0 Å². The van der Waals surface area contributed by atoms with E-state index in [1.807, 2.05) is 26.0 Å². The fourth-order valence-electron chi connectivity index (χ4n) is 2.91. The van der Waals surface area contributed by atoms with Crippen molar-refractivity contribution in [3.8, 4) is 0 Å². The van der Waals surface area contributed by atoms with Gasteiger partial charge < -0.3 is 10.1 Å². The third-order valence-electron chi connectivity index (χ3n) is 4.33. The monoisotopic (exact) mass is 403 g/mol. The van der Waals surface area contributed by atoms with E-state index in [0.717, 1.165) is 24.6 Å². The number of aryl methyl sites for hydroxylation is 1. The molecule has 148 valence electrons. The summed E-state index contributed by atoms with van der Waals surface area (Å²) >= 11 is 1.21. The van der Waals surface area contributed by atoms with Crippen LogP contribution in [0, 0.1) is 11.6 Å². The second-order valence-electron chi connectivity index (χ2n) is 6.96. The molecule has 0 saturated carbocycles. The fourth-order valence-corrected chi connectivity index (χ4v) is 4.03. The van der Waals surface area contributed by atoms with Crippen LogP contribution < -0.4 is 0 Å². The molecule has 0 radical (unpaired) electrons. The Kier molecular flexibility index (Phi) is 6.80. The lowest BCUT2D eigenvalue weighted by Gasteiger charge is -2.07. The minimum Gasteiger partial charge on any atom is -0.385 e. The van der Waals surface area contributed by atoms with E-state index in [0.29, 0.717) is 22.2 Å². The van der Waals surface area contributed by atoms with E-state index in [4.69, 9.17) is 0 Å². The molecule has 0 aliphatic heterocycles. The molecule has 0 spiro atoms. The summed E-state index contributed by atoms with van der Waals surface area (Å²) in [6, 6.07) is 7.33. The van der Waals surface area contributed by atoms with E-state index in [1.165, 1.54) is 29.5 Å². The van der Waals surface area contributed by atoms with Crippen LogP contribution >= 0.6 is 11.8 Å². The van der Waals surface area contributed by atoms with Crippen LogP contribution in [0.5, 0.6) is 0 Å². The summed E-state index contributed by atoms with van der Waals surface area (Å²) in [6.45, 7) is 3.98. The number of aromatic nitrogens is 3. The fraction of sp³-hybridized carbons (Fsp3) is 0.333. The highest BCUT2D eigenvalue weighted by Crippen LogP contribution is 2.34. The van der Waals surface area contributed by atoms with Crippen molar-refractivity contribution in [2.24, 2.45) is 0 Å². The van der Waals surface area contributed by atoms with E-state index >= 15 is 0 Å². The number of hydrogen-bond acceptors (Lipinski definition) is 4. The van der Waals surface area contributed by atoms with Crippen molar-refractivity contribution >= 4 is 11.8 Å². The Bertz CT molecular complexity index is 895. The van der Waals surface area contributed by atoms with Gasteiger partial charge in [-0.05, 0) is 55.0 Å². The summed E-state index contributed by atoms with van der Waals surface area (Å²) in [4.78, 5) is 12.1. The smallest absolute Gasteiger partial charge is 0.136 e. The van der Waals surface area contributed by atoms with Gasteiger partial charge in [0.25, 0.3) is 0 Å². The lowest BCUT2D eigenvalue weighted by Crippen LogP contribution is -2.01. The summed E-state index contributed by atoms with van der Waals surface area (Å²) < 4.78 is 27.0. The van der Waals surface area contributed by atoms with Crippen LogP contribution in [0.4, 0.5) is 8.78 Å². The van der Waals surface area contributed by atoms with E-state index in [-0.39, 0.29) is 5.92 Å². The molecule has 1 aromatic carbocycles. The summed E-state index contributed by atoms with van der Waals surface area (Å²) in [5, 5.41) is 11.2. The molecule has 4 nitrogen and oxygen atoms in total. The minimum absolute atomic E-state index is 0.106. The number of halogens is 2. The molecular weight excluding hydrogens is 380 g/mol. The van der Waals surface area contributed by atoms with Gasteiger partial charge in [0.15, 0.2) is 0 Å². The van der Waals surface area contributed by atoms with Gasteiger partial charge in [-0.15, -0.1) is 0 Å². The summed E-state index contributed by atoms with van der Waals surface area (Å²) in [5.41, 5.74) is 1.95. The quantitative estimate of drug-likeness (QED) is 0.528. The van der Waals surface area contributed by atoms with Gasteiger partial charge in [0, 0.05) is 23.4 Å². The normalized spacial score (nSPS) is 12.5. The highest BCUT2D eigenvalue weighted by atomic mass is 32.2. The lowest BCUT2D eigenvalue weighted by molar-refractivity contribution is 0.155. The van der Waals surface area contributed by atoms with Crippen molar-refractivity contribution in [3.05, 3.63) is 71.4 Å². The molecule has 3 rings (SSSR count). The Hall–Kier alpha value is -2.25. The van der Waals surface area contributed by atoms with Gasteiger partial charge in [0.2, 0.25) is 0 Å². The van der Waals surface area contributed by atoms with Crippen molar-refractivity contribution in [2.75, 3.05) is 0 Å². The van der Waals surface area contributed by atoms with E-state index in [1.54, 1.807) is 12.4 Å². The van der Waals surface area contributed by atoms with E-state index < -0.39 is 17.7 Å². The Labute approximate surface area is 167 Å². The first-order chi connectivity index (χ1) is 13.4. The summed E-state index contributed by atoms with van der Waals surface area (Å²) in [7, 11) is 0. The average molecular weight is 403 g/mol. The third kappa shape index (κ3) is 5.39. The maximum Gasteiger partial charge on any atom is 0.136 e. The van der Waals surface area contributed by atoms with E-state index in [2.05, 4.69) is 15.0 Å². The number of imidazole rings is 1. The number of nitrogens with one attached hydrogen (secondary N) is 1. The Morgan fingerprint density at radius 3 is 2.43 bits per heavy atom. The highest BCUT2D eigenvalue weighted by Gasteiger charge is 2.19. The van der Waals surface area contributed by atoms with Gasteiger partial charge in [-0.1, -0.05) is 25.6 Å². The zero-order valence-electron chi connectivity index (χ0n) is 15.8. The Morgan fingerprint density at radius 2 is 1.79 bits per heavy atom. The van der Waals surface area contributed by atoms with Crippen molar-refractivity contribution < 1.29 is 13.9 Å². The number of pyridine rings is 1.